The van der Waals surface area contributed by atoms with E-state index in [0.717, 1.165) is 31.5 Å². The number of amides is 1. The molecule has 1 atom stereocenters. The van der Waals surface area contributed by atoms with E-state index in [4.69, 9.17) is 4.74 Å². The number of anilines is 1. The first-order valence-corrected chi connectivity index (χ1v) is 7.75. The van der Waals surface area contributed by atoms with Crippen molar-refractivity contribution in [3.05, 3.63) is 35.8 Å². The highest BCUT2D eigenvalue weighted by atomic mass is 35.5. The van der Waals surface area contributed by atoms with Crippen molar-refractivity contribution in [2.75, 3.05) is 25.5 Å². The highest BCUT2D eigenvalue weighted by molar-refractivity contribution is 6.03. The fourth-order valence-electron chi connectivity index (χ4n) is 2.72. The Bertz CT molecular complexity index is 698. The normalized spacial score (nSPS) is 17.0. The van der Waals surface area contributed by atoms with Crippen LogP contribution in [0.5, 0.6) is 5.88 Å². The summed E-state index contributed by atoms with van der Waals surface area (Å²) >= 11 is 0. The van der Waals surface area contributed by atoms with Crippen molar-refractivity contribution >= 4 is 24.0 Å². The number of hydrogen-bond acceptors (Lipinski definition) is 5. The molecule has 2 N–H and O–H groups in total. The minimum absolute atomic E-state index is 0. The van der Waals surface area contributed by atoms with E-state index in [2.05, 4.69) is 20.7 Å². The summed E-state index contributed by atoms with van der Waals surface area (Å²) in [5, 5.41) is 10.6. The topological polar surface area (TPSA) is 81.1 Å². The molecule has 8 heteroatoms. The van der Waals surface area contributed by atoms with Crippen LogP contribution in [-0.2, 0) is 0 Å². The lowest BCUT2D eigenvalue weighted by Crippen LogP contribution is -2.32. The first-order valence-electron chi connectivity index (χ1n) is 7.75. The van der Waals surface area contributed by atoms with Crippen molar-refractivity contribution in [1.82, 2.24) is 20.1 Å². The summed E-state index contributed by atoms with van der Waals surface area (Å²) in [6.45, 7) is 3.84. The van der Waals surface area contributed by atoms with Crippen LogP contribution in [0.25, 0.3) is 0 Å². The predicted molar refractivity (Wildman–Crippen MR) is 94.1 cm³/mol. The Morgan fingerprint density at radius 2 is 2.33 bits per heavy atom. The van der Waals surface area contributed by atoms with E-state index in [-0.39, 0.29) is 18.3 Å². The molecule has 3 rings (SSSR count). The minimum Gasteiger partial charge on any atom is -0.480 e. The van der Waals surface area contributed by atoms with Gasteiger partial charge in [0.2, 0.25) is 5.88 Å². The number of ether oxygens (including phenoxy) is 1. The number of rotatable bonds is 4. The second kappa shape index (κ2) is 8.12. The Balaban J connectivity index is 0.00000208. The molecule has 1 amide bonds. The molecule has 0 saturated carbocycles. The summed E-state index contributed by atoms with van der Waals surface area (Å²) in [6.07, 6.45) is 5.75. The van der Waals surface area contributed by atoms with E-state index in [1.807, 2.05) is 23.9 Å². The lowest BCUT2D eigenvalue weighted by Gasteiger charge is -2.22. The van der Waals surface area contributed by atoms with E-state index >= 15 is 0 Å². The number of carbonyl (C=O) groups is 1. The number of halogens is 1. The molecule has 0 radical (unpaired) electrons. The Morgan fingerprint density at radius 3 is 3.04 bits per heavy atom. The summed E-state index contributed by atoms with van der Waals surface area (Å²) in [5.74, 6) is 0.123. The van der Waals surface area contributed by atoms with Gasteiger partial charge in [0.05, 0.1) is 13.2 Å². The molecule has 1 fully saturated rings. The van der Waals surface area contributed by atoms with Crippen LogP contribution in [0.2, 0.25) is 0 Å². The van der Waals surface area contributed by atoms with E-state index in [1.165, 1.54) is 7.11 Å². The molecule has 1 unspecified atom stereocenters. The van der Waals surface area contributed by atoms with E-state index < -0.39 is 0 Å². The number of pyridine rings is 1. The maximum absolute atomic E-state index is 12.4. The van der Waals surface area contributed by atoms with Gasteiger partial charge in [-0.25, -0.2) is 4.98 Å². The molecule has 3 heterocycles. The van der Waals surface area contributed by atoms with Crippen LogP contribution in [0.3, 0.4) is 0 Å². The fraction of sp³-hybridized carbons (Fsp3) is 0.438. The monoisotopic (exact) mass is 351 g/mol. The molecule has 0 aromatic carbocycles. The number of methoxy groups -OCH3 is 1. The average molecular weight is 352 g/mol. The zero-order valence-corrected chi connectivity index (χ0v) is 14.6. The van der Waals surface area contributed by atoms with Crippen LogP contribution in [0.15, 0.2) is 24.5 Å². The number of nitrogens with zero attached hydrogens (tertiary/aromatic N) is 3. The van der Waals surface area contributed by atoms with Gasteiger partial charge in [0, 0.05) is 18.9 Å². The molecule has 1 aliphatic heterocycles. The van der Waals surface area contributed by atoms with E-state index in [1.54, 1.807) is 12.3 Å². The lowest BCUT2D eigenvalue weighted by atomic mass is 10.1. The SMILES string of the molecule is COc1ncc(C)cc1NC(=O)c1ccn(C2CCCNC2)n1.Cl. The number of carbonyl (C=O) groups excluding carboxylic acids is 1. The Labute approximate surface area is 147 Å². The first kappa shape index (κ1) is 18.2. The van der Waals surface area contributed by atoms with Crippen molar-refractivity contribution < 1.29 is 9.53 Å². The highest BCUT2D eigenvalue weighted by Crippen LogP contribution is 2.23. The van der Waals surface area contributed by atoms with Gasteiger partial charge in [0.15, 0.2) is 5.69 Å². The number of nitrogens with one attached hydrogen (secondary N) is 2. The molecule has 7 nitrogen and oxygen atoms in total. The molecule has 130 valence electrons. The number of aryl methyl sites for hydroxylation is 1. The molecule has 0 aliphatic carbocycles. The lowest BCUT2D eigenvalue weighted by molar-refractivity contribution is 0.102. The van der Waals surface area contributed by atoms with Gasteiger partial charge < -0.3 is 15.4 Å². The summed E-state index contributed by atoms with van der Waals surface area (Å²) in [4.78, 5) is 16.6. The Kier molecular flexibility index (Phi) is 6.16. The first-order chi connectivity index (χ1) is 11.2. The quantitative estimate of drug-likeness (QED) is 0.882. The summed E-state index contributed by atoms with van der Waals surface area (Å²) in [5.41, 5.74) is 1.88. The van der Waals surface area contributed by atoms with Crippen LogP contribution >= 0.6 is 12.4 Å². The molecular formula is C16H22ClN5O2. The van der Waals surface area contributed by atoms with Gasteiger partial charge in [-0.15, -0.1) is 12.4 Å². The van der Waals surface area contributed by atoms with Crippen LogP contribution in [-0.4, -0.2) is 40.9 Å². The van der Waals surface area contributed by atoms with Crippen LogP contribution in [0.4, 0.5) is 5.69 Å². The van der Waals surface area contributed by atoms with Gasteiger partial charge in [-0.05, 0) is 44.0 Å². The van der Waals surface area contributed by atoms with Crippen molar-refractivity contribution in [2.45, 2.75) is 25.8 Å². The third-order valence-electron chi connectivity index (χ3n) is 3.92. The van der Waals surface area contributed by atoms with Gasteiger partial charge >= 0.3 is 0 Å². The van der Waals surface area contributed by atoms with Gasteiger partial charge in [-0.3, -0.25) is 9.48 Å². The molecule has 1 aliphatic rings. The van der Waals surface area contributed by atoms with Crippen molar-refractivity contribution in [3.8, 4) is 5.88 Å². The van der Waals surface area contributed by atoms with Gasteiger partial charge in [-0.2, -0.15) is 5.10 Å². The van der Waals surface area contributed by atoms with Gasteiger partial charge in [0.1, 0.15) is 5.69 Å². The third kappa shape index (κ3) is 4.04. The molecular weight excluding hydrogens is 330 g/mol. The minimum atomic E-state index is -0.266. The maximum atomic E-state index is 12.4. The summed E-state index contributed by atoms with van der Waals surface area (Å²) < 4.78 is 7.05. The van der Waals surface area contributed by atoms with E-state index in [9.17, 15) is 4.79 Å². The molecule has 24 heavy (non-hydrogen) atoms. The van der Waals surface area contributed by atoms with Crippen molar-refractivity contribution in [1.29, 1.82) is 0 Å². The fourth-order valence-corrected chi connectivity index (χ4v) is 2.72. The summed E-state index contributed by atoms with van der Waals surface area (Å²) in [7, 11) is 1.53. The number of aromatic nitrogens is 3. The largest absolute Gasteiger partial charge is 0.480 e. The average Bonchev–Trinajstić information content (AvgIpc) is 3.06. The van der Waals surface area contributed by atoms with Crippen LogP contribution < -0.4 is 15.4 Å². The number of hydrogen-bond donors (Lipinski definition) is 2. The van der Waals surface area contributed by atoms with Crippen LogP contribution in [0, 0.1) is 6.92 Å². The van der Waals surface area contributed by atoms with Crippen LogP contribution in [0.1, 0.15) is 34.9 Å². The highest BCUT2D eigenvalue weighted by Gasteiger charge is 2.18. The smallest absolute Gasteiger partial charge is 0.276 e. The second-order valence-electron chi connectivity index (χ2n) is 5.70. The molecule has 2 aromatic heterocycles. The molecule has 1 saturated heterocycles. The molecule has 0 bridgehead atoms. The standard InChI is InChI=1S/C16H21N5O2.ClH/c1-11-8-14(16(23-2)18-9-11)19-15(22)13-5-7-21(20-13)12-4-3-6-17-10-12;/h5,7-9,12,17H,3-4,6,10H2,1-2H3,(H,19,22);1H. The van der Waals surface area contributed by atoms with Gasteiger partial charge in [0.25, 0.3) is 5.91 Å². The van der Waals surface area contributed by atoms with Gasteiger partial charge in [-0.1, -0.05) is 0 Å². The predicted octanol–water partition coefficient (Wildman–Crippen LogP) is 2.19. The summed E-state index contributed by atoms with van der Waals surface area (Å²) in [6, 6.07) is 3.87. The van der Waals surface area contributed by atoms with E-state index in [0.29, 0.717) is 23.3 Å². The second-order valence-corrected chi connectivity index (χ2v) is 5.70. The van der Waals surface area contributed by atoms with Crippen molar-refractivity contribution in [2.24, 2.45) is 0 Å². The van der Waals surface area contributed by atoms with Crippen molar-refractivity contribution in [3.63, 3.8) is 0 Å². The molecule has 0 spiro atoms. The third-order valence-corrected chi connectivity index (χ3v) is 3.92. The molecule has 2 aromatic rings. The Morgan fingerprint density at radius 1 is 1.50 bits per heavy atom. The Hall–Kier alpha value is -2.12. The maximum Gasteiger partial charge on any atom is 0.276 e. The zero-order chi connectivity index (χ0) is 16.2. The number of piperidine rings is 1. The zero-order valence-electron chi connectivity index (χ0n) is 13.8.